The molecule has 0 saturated carbocycles. The molecule has 3 aromatic rings. The molecule has 124 valence electrons. The number of fused-ring (bicyclic) bond motifs is 3. The molecule has 0 aromatic carbocycles. The lowest BCUT2D eigenvalue weighted by atomic mass is 10.2. The van der Waals surface area contributed by atoms with Gasteiger partial charge in [-0.25, -0.2) is 4.79 Å². The van der Waals surface area contributed by atoms with E-state index in [1.54, 1.807) is 7.05 Å². The molecule has 0 N–H and O–H groups in total. The van der Waals surface area contributed by atoms with Gasteiger partial charge in [0.25, 0.3) is 5.56 Å². The fourth-order valence-electron chi connectivity index (χ4n) is 3.18. The van der Waals surface area contributed by atoms with Gasteiger partial charge >= 0.3 is 5.69 Å². The molecule has 7 heteroatoms. The maximum atomic E-state index is 12.6. The predicted octanol–water partition coefficient (Wildman–Crippen LogP) is 1.49. The molecule has 0 fully saturated rings. The lowest BCUT2D eigenvalue weighted by Gasteiger charge is -2.05. The van der Waals surface area contributed by atoms with E-state index in [4.69, 9.17) is 0 Å². The summed E-state index contributed by atoms with van der Waals surface area (Å²) in [5, 5.41) is 0. The maximum absolute atomic E-state index is 12.6. The summed E-state index contributed by atoms with van der Waals surface area (Å²) >= 11 is 0. The molecule has 0 aliphatic heterocycles. The molecule has 3 aromatic heterocycles. The highest BCUT2D eigenvalue weighted by molar-refractivity contribution is 5.76. The van der Waals surface area contributed by atoms with E-state index in [9.17, 15) is 9.59 Å². The Kier molecular flexibility index (Phi) is 3.66. The van der Waals surface area contributed by atoms with Crippen molar-refractivity contribution in [1.29, 1.82) is 0 Å². The minimum atomic E-state index is -0.352. The SMILES string of the molecule is CCCCCn1c(C)c(C)n2c3c(=O)n(C)c(=O)n(C)c3nc12. The van der Waals surface area contributed by atoms with E-state index in [-0.39, 0.29) is 11.2 Å². The van der Waals surface area contributed by atoms with Gasteiger partial charge in [0.15, 0.2) is 11.2 Å². The van der Waals surface area contributed by atoms with Gasteiger partial charge in [0.1, 0.15) is 0 Å². The minimum absolute atomic E-state index is 0.301. The van der Waals surface area contributed by atoms with Crippen LogP contribution in [0.25, 0.3) is 16.9 Å². The molecular formula is C16H23N5O2. The summed E-state index contributed by atoms with van der Waals surface area (Å²) in [7, 11) is 3.16. The van der Waals surface area contributed by atoms with Gasteiger partial charge in [-0.15, -0.1) is 0 Å². The first-order chi connectivity index (χ1) is 10.9. The van der Waals surface area contributed by atoms with E-state index >= 15 is 0 Å². The van der Waals surface area contributed by atoms with Crippen LogP contribution in [-0.4, -0.2) is 23.1 Å². The third-order valence-electron chi connectivity index (χ3n) is 4.73. The Labute approximate surface area is 133 Å². The highest BCUT2D eigenvalue weighted by atomic mass is 16.2. The van der Waals surface area contributed by atoms with Crippen LogP contribution in [0.1, 0.15) is 37.6 Å². The number of unbranched alkanes of at least 4 members (excludes halogenated alkanes) is 2. The Bertz CT molecular complexity index is 1020. The number of hydrogen-bond donors (Lipinski definition) is 0. The molecule has 7 nitrogen and oxygen atoms in total. The normalized spacial score (nSPS) is 11.9. The molecule has 3 rings (SSSR count). The van der Waals surface area contributed by atoms with Crippen molar-refractivity contribution < 1.29 is 0 Å². The molecule has 0 spiro atoms. The fourth-order valence-corrected chi connectivity index (χ4v) is 3.18. The quantitative estimate of drug-likeness (QED) is 0.685. The molecule has 0 atom stereocenters. The van der Waals surface area contributed by atoms with Gasteiger partial charge in [-0.3, -0.25) is 18.3 Å². The largest absolute Gasteiger partial charge is 0.332 e. The lowest BCUT2D eigenvalue weighted by molar-refractivity contribution is 0.602. The highest BCUT2D eigenvalue weighted by Gasteiger charge is 2.21. The van der Waals surface area contributed by atoms with Crippen molar-refractivity contribution in [3.63, 3.8) is 0 Å². The number of hydrogen-bond acceptors (Lipinski definition) is 3. The van der Waals surface area contributed by atoms with Crippen LogP contribution in [0.3, 0.4) is 0 Å². The summed E-state index contributed by atoms with van der Waals surface area (Å²) < 4.78 is 6.61. The van der Waals surface area contributed by atoms with E-state index in [0.29, 0.717) is 11.2 Å². The highest BCUT2D eigenvalue weighted by Crippen LogP contribution is 2.21. The Morgan fingerprint density at radius 3 is 2.35 bits per heavy atom. The summed E-state index contributed by atoms with van der Waals surface area (Å²) in [6.07, 6.45) is 3.38. The van der Waals surface area contributed by atoms with Gasteiger partial charge in [0.2, 0.25) is 5.78 Å². The third-order valence-corrected chi connectivity index (χ3v) is 4.73. The van der Waals surface area contributed by atoms with Gasteiger partial charge in [-0.2, -0.15) is 4.98 Å². The Morgan fingerprint density at radius 2 is 1.70 bits per heavy atom. The third kappa shape index (κ3) is 2.06. The van der Waals surface area contributed by atoms with Crippen molar-refractivity contribution in [2.75, 3.05) is 0 Å². The summed E-state index contributed by atoms with van der Waals surface area (Å²) in [6.45, 7) is 7.08. The number of rotatable bonds is 4. The zero-order valence-electron chi connectivity index (χ0n) is 14.4. The van der Waals surface area contributed by atoms with Crippen LogP contribution >= 0.6 is 0 Å². The number of aromatic nitrogens is 5. The van der Waals surface area contributed by atoms with Crippen molar-refractivity contribution in [3.8, 4) is 0 Å². The average molecular weight is 317 g/mol. The predicted molar refractivity (Wildman–Crippen MR) is 90.2 cm³/mol. The topological polar surface area (TPSA) is 66.2 Å². The second-order valence-corrected chi connectivity index (χ2v) is 6.15. The monoisotopic (exact) mass is 317 g/mol. The van der Waals surface area contributed by atoms with Gasteiger partial charge in [0, 0.05) is 32.0 Å². The Morgan fingerprint density at radius 1 is 1.00 bits per heavy atom. The van der Waals surface area contributed by atoms with E-state index in [0.717, 1.165) is 47.5 Å². The fraction of sp³-hybridized carbons (Fsp3) is 0.562. The summed E-state index contributed by atoms with van der Waals surface area (Å²) in [5.41, 5.74) is 2.37. The molecular weight excluding hydrogens is 294 g/mol. The first-order valence-electron chi connectivity index (χ1n) is 8.04. The van der Waals surface area contributed by atoms with Crippen LogP contribution in [0, 0.1) is 13.8 Å². The van der Waals surface area contributed by atoms with Crippen LogP contribution in [0.5, 0.6) is 0 Å². The second kappa shape index (κ2) is 5.40. The van der Waals surface area contributed by atoms with Crippen LogP contribution in [0.4, 0.5) is 0 Å². The van der Waals surface area contributed by atoms with Crippen LogP contribution in [0.15, 0.2) is 9.59 Å². The van der Waals surface area contributed by atoms with Crippen LogP contribution < -0.4 is 11.2 Å². The molecule has 0 bridgehead atoms. The van der Waals surface area contributed by atoms with Crippen molar-refractivity contribution in [2.24, 2.45) is 14.1 Å². The van der Waals surface area contributed by atoms with E-state index in [1.165, 1.54) is 11.6 Å². The van der Waals surface area contributed by atoms with Crippen molar-refractivity contribution in [2.45, 2.75) is 46.6 Å². The molecule has 23 heavy (non-hydrogen) atoms. The average Bonchev–Trinajstić information content (AvgIpc) is 3.02. The maximum Gasteiger partial charge on any atom is 0.332 e. The second-order valence-electron chi connectivity index (χ2n) is 6.15. The number of nitrogens with zero attached hydrogens (tertiary/aromatic N) is 5. The number of imidazole rings is 2. The molecule has 0 amide bonds. The van der Waals surface area contributed by atoms with Gasteiger partial charge in [0.05, 0.1) is 0 Å². The van der Waals surface area contributed by atoms with E-state index in [2.05, 4.69) is 16.5 Å². The van der Waals surface area contributed by atoms with E-state index in [1.807, 2.05) is 18.2 Å². The summed E-state index contributed by atoms with van der Waals surface area (Å²) in [5.74, 6) is 0.740. The van der Waals surface area contributed by atoms with Crippen molar-refractivity contribution >= 4 is 16.9 Å². The zero-order valence-corrected chi connectivity index (χ0v) is 14.4. The molecule has 0 radical (unpaired) electrons. The van der Waals surface area contributed by atoms with Gasteiger partial charge in [-0.1, -0.05) is 19.8 Å². The lowest BCUT2D eigenvalue weighted by Crippen LogP contribution is -2.37. The van der Waals surface area contributed by atoms with Crippen molar-refractivity contribution in [3.05, 3.63) is 32.2 Å². The molecule has 0 saturated heterocycles. The minimum Gasteiger partial charge on any atom is -0.314 e. The van der Waals surface area contributed by atoms with E-state index < -0.39 is 0 Å². The first-order valence-corrected chi connectivity index (χ1v) is 8.04. The van der Waals surface area contributed by atoms with Gasteiger partial charge in [-0.05, 0) is 20.3 Å². The summed E-state index contributed by atoms with van der Waals surface area (Å²) in [4.78, 5) is 29.3. The van der Waals surface area contributed by atoms with Crippen molar-refractivity contribution in [1.82, 2.24) is 23.1 Å². The standard InChI is InChI=1S/C16H23N5O2/c1-6-7-8-9-20-10(2)11(3)21-12-13(17-15(20)21)18(4)16(23)19(5)14(12)22/h6-9H2,1-5H3. The molecule has 0 unspecified atom stereocenters. The van der Waals surface area contributed by atoms with Gasteiger partial charge < -0.3 is 4.57 Å². The first kappa shape index (κ1) is 15.6. The molecule has 3 heterocycles. The Balaban J connectivity index is 2.40. The molecule has 0 aliphatic carbocycles. The van der Waals surface area contributed by atoms with Crippen LogP contribution in [-0.2, 0) is 20.6 Å². The Hall–Kier alpha value is -2.31. The van der Waals surface area contributed by atoms with Crippen LogP contribution in [0.2, 0.25) is 0 Å². The summed E-state index contributed by atoms with van der Waals surface area (Å²) in [6, 6.07) is 0. The number of aryl methyl sites for hydroxylation is 3. The molecule has 0 aliphatic rings. The smallest absolute Gasteiger partial charge is 0.314 e. The zero-order chi connectivity index (χ0) is 16.9.